The summed E-state index contributed by atoms with van der Waals surface area (Å²) in [6.07, 6.45) is 0. The number of benzene rings is 2. The fourth-order valence-corrected chi connectivity index (χ4v) is 3.53. The van der Waals surface area contributed by atoms with E-state index >= 15 is 0 Å². The molecule has 0 bridgehead atoms. The molecule has 2 aromatic carbocycles. The maximum absolute atomic E-state index is 13.6. The molecule has 112 valence electrons. The number of hydrogen-bond acceptors (Lipinski definition) is 3. The van der Waals surface area contributed by atoms with E-state index in [4.69, 9.17) is 5.73 Å². The monoisotopic (exact) mass is 424 g/mol. The van der Waals surface area contributed by atoms with Crippen molar-refractivity contribution in [3.05, 3.63) is 51.1 Å². The van der Waals surface area contributed by atoms with Crippen molar-refractivity contribution in [3.63, 3.8) is 0 Å². The number of nitrogen functional groups attached to an aromatic ring is 1. The third-order valence-electron chi connectivity index (χ3n) is 2.84. The van der Waals surface area contributed by atoms with Crippen molar-refractivity contribution in [3.8, 4) is 0 Å². The van der Waals surface area contributed by atoms with Crippen molar-refractivity contribution in [2.75, 3.05) is 10.5 Å². The zero-order valence-corrected chi connectivity index (χ0v) is 13.8. The van der Waals surface area contributed by atoms with Crippen LogP contribution in [0, 0.1) is 22.1 Å². The van der Waals surface area contributed by atoms with Crippen LogP contribution in [0.1, 0.15) is 5.56 Å². The maximum atomic E-state index is 13.6. The Hall–Kier alpha value is -1.42. The first kappa shape index (κ1) is 16.0. The predicted octanol–water partition coefficient (Wildman–Crippen LogP) is 3.26. The fourth-order valence-electron chi connectivity index (χ4n) is 1.61. The number of sulfonamides is 1. The van der Waals surface area contributed by atoms with Crippen molar-refractivity contribution < 1.29 is 17.2 Å². The van der Waals surface area contributed by atoms with Crippen LogP contribution in [0.15, 0.2) is 35.2 Å². The highest BCUT2D eigenvalue weighted by Gasteiger charge is 2.18. The summed E-state index contributed by atoms with van der Waals surface area (Å²) in [5, 5.41) is 0. The SMILES string of the molecule is Cc1c(N)cc(S(=O)(=O)Nc2ccc(F)cc2I)cc1F. The lowest BCUT2D eigenvalue weighted by molar-refractivity contribution is 0.593. The van der Waals surface area contributed by atoms with Gasteiger partial charge in [0.2, 0.25) is 0 Å². The molecule has 0 fully saturated rings. The van der Waals surface area contributed by atoms with Crippen LogP contribution in [-0.2, 0) is 10.0 Å². The van der Waals surface area contributed by atoms with Crippen molar-refractivity contribution in [2.45, 2.75) is 11.8 Å². The Bertz CT molecular complexity index is 787. The van der Waals surface area contributed by atoms with Gasteiger partial charge in [0.1, 0.15) is 11.6 Å². The standard InChI is InChI=1S/C13H11F2IN2O2S/c1-7-10(15)5-9(6-12(7)17)21(19,20)18-13-3-2-8(14)4-11(13)16/h2-6,18H,17H2,1H3. The van der Waals surface area contributed by atoms with Crippen LogP contribution < -0.4 is 10.5 Å². The van der Waals surface area contributed by atoms with Gasteiger partial charge in [-0.25, -0.2) is 17.2 Å². The first-order valence-electron chi connectivity index (χ1n) is 5.74. The van der Waals surface area contributed by atoms with Crippen molar-refractivity contribution >= 4 is 44.0 Å². The highest BCUT2D eigenvalue weighted by Crippen LogP contribution is 2.25. The van der Waals surface area contributed by atoms with E-state index in [0.717, 1.165) is 12.1 Å². The molecule has 0 saturated heterocycles. The smallest absolute Gasteiger partial charge is 0.262 e. The minimum absolute atomic E-state index is 0.0455. The highest BCUT2D eigenvalue weighted by atomic mass is 127. The van der Waals surface area contributed by atoms with Gasteiger partial charge >= 0.3 is 0 Å². The molecular formula is C13H11F2IN2O2S. The van der Waals surface area contributed by atoms with Gasteiger partial charge in [-0.1, -0.05) is 0 Å². The molecule has 0 aliphatic carbocycles. The normalized spacial score (nSPS) is 11.4. The second-order valence-electron chi connectivity index (χ2n) is 4.35. The van der Waals surface area contributed by atoms with E-state index in [1.807, 2.05) is 0 Å². The Morgan fingerprint density at radius 2 is 1.86 bits per heavy atom. The lowest BCUT2D eigenvalue weighted by Gasteiger charge is -2.11. The molecule has 2 aromatic rings. The number of nitrogens with one attached hydrogen (secondary N) is 1. The summed E-state index contributed by atoms with van der Waals surface area (Å²) in [4.78, 5) is -0.289. The van der Waals surface area contributed by atoms with Gasteiger partial charge < -0.3 is 5.73 Å². The molecule has 4 nitrogen and oxygen atoms in total. The zero-order valence-electron chi connectivity index (χ0n) is 10.8. The summed E-state index contributed by atoms with van der Waals surface area (Å²) >= 11 is 1.80. The van der Waals surface area contributed by atoms with Gasteiger partial charge in [-0.15, -0.1) is 0 Å². The maximum Gasteiger partial charge on any atom is 0.262 e. The predicted molar refractivity (Wildman–Crippen MR) is 85.5 cm³/mol. The number of rotatable bonds is 3. The first-order valence-corrected chi connectivity index (χ1v) is 8.30. The molecule has 0 atom stereocenters. The van der Waals surface area contributed by atoms with Gasteiger partial charge in [-0.3, -0.25) is 4.72 Å². The van der Waals surface area contributed by atoms with E-state index in [-0.39, 0.29) is 21.8 Å². The molecule has 0 unspecified atom stereocenters. The molecule has 0 spiro atoms. The molecule has 0 aromatic heterocycles. The van der Waals surface area contributed by atoms with Crippen molar-refractivity contribution in [2.24, 2.45) is 0 Å². The van der Waals surface area contributed by atoms with Crippen LogP contribution in [-0.4, -0.2) is 8.42 Å². The van der Waals surface area contributed by atoms with Gasteiger partial charge in [-0.05, 0) is 59.8 Å². The molecule has 2 rings (SSSR count). The van der Waals surface area contributed by atoms with E-state index in [1.165, 1.54) is 25.1 Å². The molecule has 0 amide bonds. The highest BCUT2D eigenvalue weighted by molar-refractivity contribution is 14.1. The van der Waals surface area contributed by atoms with Crippen LogP contribution in [0.3, 0.4) is 0 Å². The van der Waals surface area contributed by atoms with Gasteiger partial charge in [0, 0.05) is 14.8 Å². The van der Waals surface area contributed by atoms with Gasteiger partial charge in [0.15, 0.2) is 0 Å². The van der Waals surface area contributed by atoms with Crippen molar-refractivity contribution in [1.82, 2.24) is 0 Å². The molecule has 8 heteroatoms. The average Bonchev–Trinajstić information content (AvgIpc) is 2.38. The van der Waals surface area contributed by atoms with Crippen LogP contribution in [0.4, 0.5) is 20.2 Å². The number of halogens is 3. The summed E-state index contributed by atoms with van der Waals surface area (Å²) in [7, 11) is -4.01. The third kappa shape index (κ3) is 3.43. The Morgan fingerprint density at radius 1 is 1.19 bits per heavy atom. The second-order valence-corrected chi connectivity index (χ2v) is 7.19. The second kappa shape index (κ2) is 5.76. The third-order valence-corrected chi connectivity index (χ3v) is 5.08. The lowest BCUT2D eigenvalue weighted by atomic mass is 10.2. The Labute approximate surface area is 134 Å². The van der Waals surface area contributed by atoms with Crippen LogP contribution in [0.25, 0.3) is 0 Å². The summed E-state index contributed by atoms with van der Waals surface area (Å²) in [5.74, 6) is -1.18. The summed E-state index contributed by atoms with van der Waals surface area (Å²) in [6, 6.07) is 5.68. The molecule has 0 aliphatic rings. The quantitative estimate of drug-likeness (QED) is 0.587. The van der Waals surface area contributed by atoms with E-state index in [9.17, 15) is 17.2 Å². The van der Waals surface area contributed by atoms with E-state index in [0.29, 0.717) is 3.57 Å². The lowest BCUT2D eigenvalue weighted by Crippen LogP contribution is -2.15. The molecular weight excluding hydrogens is 413 g/mol. The first-order chi connectivity index (χ1) is 9.70. The number of anilines is 2. The minimum atomic E-state index is -4.01. The van der Waals surface area contributed by atoms with Gasteiger partial charge in [0.05, 0.1) is 10.6 Å². The van der Waals surface area contributed by atoms with Crippen LogP contribution in [0.5, 0.6) is 0 Å². The molecule has 0 radical (unpaired) electrons. The van der Waals surface area contributed by atoms with E-state index < -0.39 is 21.7 Å². The Balaban J connectivity index is 2.43. The summed E-state index contributed by atoms with van der Waals surface area (Å²) < 4.78 is 53.7. The fraction of sp³-hybridized carbons (Fsp3) is 0.0769. The molecule has 0 aliphatic heterocycles. The topological polar surface area (TPSA) is 72.2 Å². The van der Waals surface area contributed by atoms with Gasteiger partial charge in [-0.2, -0.15) is 0 Å². The average molecular weight is 424 g/mol. The zero-order chi connectivity index (χ0) is 15.8. The van der Waals surface area contributed by atoms with Crippen molar-refractivity contribution in [1.29, 1.82) is 0 Å². The molecule has 0 saturated carbocycles. The molecule has 3 N–H and O–H groups in total. The van der Waals surface area contributed by atoms with E-state index in [2.05, 4.69) is 4.72 Å². The van der Waals surface area contributed by atoms with Crippen LogP contribution >= 0.6 is 22.6 Å². The Kier molecular flexibility index (Phi) is 4.38. The molecule has 21 heavy (non-hydrogen) atoms. The van der Waals surface area contributed by atoms with Crippen LogP contribution in [0.2, 0.25) is 0 Å². The largest absolute Gasteiger partial charge is 0.398 e. The number of nitrogens with two attached hydrogens (primary N) is 1. The van der Waals surface area contributed by atoms with E-state index in [1.54, 1.807) is 22.6 Å². The Morgan fingerprint density at radius 3 is 2.43 bits per heavy atom. The number of hydrogen-bond donors (Lipinski definition) is 2. The summed E-state index contributed by atoms with van der Waals surface area (Å²) in [5.41, 5.74) is 6.01. The minimum Gasteiger partial charge on any atom is -0.398 e. The summed E-state index contributed by atoms with van der Waals surface area (Å²) in [6.45, 7) is 1.46. The molecule has 0 heterocycles. The van der Waals surface area contributed by atoms with Gasteiger partial charge in [0.25, 0.3) is 10.0 Å².